The van der Waals surface area contributed by atoms with Gasteiger partial charge >= 0.3 is 0 Å². The van der Waals surface area contributed by atoms with Gasteiger partial charge in [0.1, 0.15) is 0 Å². The Bertz CT molecular complexity index is 367. The van der Waals surface area contributed by atoms with Crippen molar-refractivity contribution in [3.8, 4) is 11.8 Å². The molecule has 0 rings (SSSR count). The largest absolute Gasteiger partial charge is 0.103 e. The van der Waals surface area contributed by atoms with E-state index in [0.29, 0.717) is 17.8 Å². The molecule has 0 aromatic heterocycles. The summed E-state index contributed by atoms with van der Waals surface area (Å²) < 4.78 is 0. The zero-order valence-corrected chi connectivity index (χ0v) is 20.9. The molecule has 0 heterocycles. The van der Waals surface area contributed by atoms with E-state index in [9.17, 15) is 0 Å². The topological polar surface area (TPSA) is 0 Å². The Morgan fingerprint density at radius 3 is 1.14 bits per heavy atom. The fourth-order valence-corrected chi connectivity index (χ4v) is 1.71. The molecule has 0 aliphatic rings. The summed E-state index contributed by atoms with van der Waals surface area (Å²) in [4.78, 5) is 0. The lowest BCUT2D eigenvalue weighted by atomic mass is 10.1. The molecule has 0 nitrogen and oxygen atoms in total. The summed E-state index contributed by atoms with van der Waals surface area (Å²) in [6.07, 6.45) is 12.6. The highest BCUT2D eigenvalue weighted by Crippen LogP contribution is 2.03. The van der Waals surface area contributed by atoms with Gasteiger partial charge in [-0.1, -0.05) is 115 Å². The van der Waals surface area contributed by atoms with Gasteiger partial charge in [0, 0.05) is 12.3 Å². The summed E-state index contributed by atoms with van der Waals surface area (Å²) in [5, 5.41) is 0. The first-order valence-electron chi connectivity index (χ1n) is 11.2. The molecule has 0 atom stereocenters. The molecular weight excluding hydrogens is 336 g/mol. The molecule has 0 bridgehead atoms. The van der Waals surface area contributed by atoms with E-state index >= 15 is 0 Å². The zero-order valence-electron chi connectivity index (χ0n) is 20.9. The van der Waals surface area contributed by atoms with Gasteiger partial charge in [-0.3, -0.25) is 0 Å². The van der Waals surface area contributed by atoms with Crippen LogP contribution < -0.4 is 0 Å². The minimum atomic E-state index is 0. The van der Waals surface area contributed by atoms with Gasteiger partial charge in [-0.15, -0.1) is 11.8 Å². The van der Waals surface area contributed by atoms with Crippen LogP contribution in [0.3, 0.4) is 0 Å². The van der Waals surface area contributed by atoms with Crippen LogP contribution in [0.5, 0.6) is 0 Å². The molecule has 0 aliphatic heterocycles. The summed E-state index contributed by atoms with van der Waals surface area (Å²) >= 11 is 0. The molecule has 0 N–H and O–H groups in total. The van der Waals surface area contributed by atoms with E-state index in [1.54, 1.807) is 0 Å². The Hall–Kier alpha value is -0.960. The molecule has 0 saturated carbocycles. The van der Waals surface area contributed by atoms with E-state index < -0.39 is 0 Å². The van der Waals surface area contributed by atoms with Crippen molar-refractivity contribution in [3.05, 3.63) is 24.3 Å². The van der Waals surface area contributed by atoms with Crippen LogP contribution in [0.4, 0.5) is 0 Å². The van der Waals surface area contributed by atoms with E-state index in [-0.39, 0.29) is 7.43 Å². The van der Waals surface area contributed by atoms with Gasteiger partial charge in [0.05, 0.1) is 0 Å². The first kappa shape index (κ1) is 34.5. The lowest BCUT2D eigenvalue weighted by Crippen LogP contribution is -1.83. The molecule has 168 valence electrons. The number of rotatable bonds is 7. The van der Waals surface area contributed by atoms with Crippen molar-refractivity contribution in [2.75, 3.05) is 0 Å². The zero-order chi connectivity index (χ0) is 21.8. The second kappa shape index (κ2) is 24.1. The van der Waals surface area contributed by atoms with Crippen LogP contribution in [0.2, 0.25) is 0 Å². The highest BCUT2D eigenvalue weighted by molar-refractivity contribution is 5.01. The van der Waals surface area contributed by atoms with Gasteiger partial charge in [-0.05, 0) is 42.4 Å². The van der Waals surface area contributed by atoms with Crippen LogP contribution >= 0.6 is 0 Å². The van der Waals surface area contributed by atoms with Gasteiger partial charge in [0.25, 0.3) is 0 Å². The molecule has 0 aromatic carbocycles. The maximum atomic E-state index is 3.13. The highest BCUT2D eigenvalue weighted by Gasteiger charge is 1.89. The maximum absolute atomic E-state index is 3.13. The predicted octanol–water partition coefficient (Wildman–Crippen LogP) is 9.82. The van der Waals surface area contributed by atoms with Crippen LogP contribution in [0.1, 0.15) is 110 Å². The van der Waals surface area contributed by atoms with Crippen LogP contribution in [0.25, 0.3) is 0 Å². The van der Waals surface area contributed by atoms with Crippen LogP contribution in [0, 0.1) is 47.3 Å². The second-order valence-corrected chi connectivity index (χ2v) is 9.68. The third-order valence-corrected chi connectivity index (χ3v) is 3.16. The Morgan fingerprint density at radius 2 is 0.929 bits per heavy atom. The van der Waals surface area contributed by atoms with Gasteiger partial charge < -0.3 is 0 Å². The summed E-state index contributed by atoms with van der Waals surface area (Å²) in [7, 11) is 0. The molecule has 0 fully saturated rings. The van der Waals surface area contributed by atoms with E-state index in [1.807, 2.05) is 0 Å². The second-order valence-electron chi connectivity index (χ2n) is 9.68. The maximum Gasteiger partial charge on any atom is 0.0146 e. The summed E-state index contributed by atoms with van der Waals surface area (Å²) in [6.45, 7) is 26.4. The third-order valence-electron chi connectivity index (χ3n) is 3.16. The number of allylic oxidation sites excluding steroid dienone is 4. The number of hydrogen-bond acceptors (Lipinski definition) is 0. The number of hydrogen-bond donors (Lipinski definition) is 0. The van der Waals surface area contributed by atoms with E-state index in [2.05, 4.69) is 119 Å². The Morgan fingerprint density at radius 1 is 0.571 bits per heavy atom. The third kappa shape index (κ3) is 49.8. The van der Waals surface area contributed by atoms with Gasteiger partial charge in [-0.25, -0.2) is 0 Å². The molecular formula is C28H56. The minimum Gasteiger partial charge on any atom is -0.103 e. The van der Waals surface area contributed by atoms with Crippen molar-refractivity contribution in [3.63, 3.8) is 0 Å². The van der Waals surface area contributed by atoms with E-state index in [0.717, 1.165) is 24.2 Å². The SMILES string of the molecule is C.CC(C)/C=C/CC(C)C.CC(C)/C=C\CC(C)C.CC(C)C#CCC(C)C. The van der Waals surface area contributed by atoms with E-state index in [4.69, 9.17) is 0 Å². The summed E-state index contributed by atoms with van der Waals surface area (Å²) in [5.41, 5.74) is 0. The first-order valence-corrected chi connectivity index (χ1v) is 11.2. The van der Waals surface area contributed by atoms with Gasteiger partial charge in [0.2, 0.25) is 0 Å². The van der Waals surface area contributed by atoms with E-state index in [1.165, 1.54) is 12.8 Å². The fraction of sp³-hybridized carbons (Fsp3) is 0.786. The Kier molecular flexibility index (Phi) is 29.7. The van der Waals surface area contributed by atoms with Crippen molar-refractivity contribution >= 4 is 0 Å². The highest BCUT2D eigenvalue weighted by atomic mass is 13.9. The molecule has 0 aromatic rings. The predicted molar refractivity (Wildman–Crippen MR) is 136 cm³/mol. The Balaban J connectivity index is -0.000000152. The smallest absolute Gasteiger partial charge is 0.0146 e. The molecule has 0 amide bonds. The normalized spacial score (nSPS) is 10.9. The summed E-state index contributed by atoms with van der Waals surface area (Å²) in [5.74, 6) is 10.5. The molecule has 0 heteroatoms. The average Bonchev–Trinajstić information content (AvgIpc) is 2.46. The molecule has 0 unspecified atom stereocenters. The van der Waals surface area contributed by atoms with Crippen molar-refractivity contribution in [2.24, 2.45) is 35.5 Å². The van der Waals surface area contributed by atoms with Crippen molar-refractivity contribution < 1.29 is 0 Å². The lowest BCUT2D eigenvalue weighted by Gasteiger charge is -1.97. The first-order chi connectivity index (χ1) is 12.4. The standard InChI is InChI=1S/2C9H18.C9H16.CH4/c3*1-8(2)6-5-7-9(3)4;/h2*5-6,8-9H,7H2,1-4H3;8-9H,6H2,1-4H3;1H4/b6-5+;6-5-;;. The van der Waals surface area contributed by atoms with Gasteiger partial charge in [0.15, 0.2) is 0 Å². The van der Waals surface area contributed by atoms with Crippen LogP contribution in [-0.4, -0.2) is 0 Å². The lowest BCUT2D eigenvalue weighted by molar-refractivity contribution is 0.658. The van der Waals surface area contributed by atoms with Crippen molar-refractivity contribution in [1.29, 1.82) is 0 Å². The van der Waals surface area contributed by atoms with Crippen LogP contribution in [-0.2, 0) is 0 Å². The Labute approximate surface area is 181 Å². The fourth-order valence-electron chi connectivity index (χ4n) is 1.71. The quantitative estimate of drug-likeness (QED) is 0.298. The monoisotopic (exact) mass is 392 g/mol. The minimum absolute atomic E-state index is 0. The van der Waals surface area contributed by atoms with Crippen LogP contribution in [0.15, 0.2) is 24.3 Å². The molecule has 28 heavy (non-hydrogen) atoms. The summed E-state index contributed by atoms with van der Waals surface area (Å²) in [6, 6.07) is 0. The molecule has 0 saturated heterocycles. The van der Waals surface area contributed by atoms with Crippen molar-refractivity contribution in [1.82, 2.24) is 0 Å². The van der Waals surface area contributed by atoms with Gasteiger partial charge in [-0.2, -0.15) is 0 Å². The molecule has 0 aliphatic carbocycles. The molecule has 0 radical (unpaired) electrons. The average molecular weight is 393 g/mol. The van der Waals surface area contributed by atoms with Crippen molar-refractivity contribution in [2.45, 2.75) is 110 Å². The molecule has 0 spiro atoms.